The van der Waals surface area contributed by atoms with Gasteiger partial charge in [-0.25, -0.2) is 9.97 Å². The van der Waals surface area contributed by atoms with Gasteiger partial charge in [0.1, 0.15) is 17.8 Å². The van der Waals surface area contributed by atoms with E-state index >= 15 is 0 Å². The standard InChI is InChI=1S/C11H15N5O/c1-4-16(3)10(17)8(2)14-11-13-6-5-9(7-12)15-11/h5-6,8H,4H2,1-3H3,(H,13,14,15). The van der Waals surface area contributed by atoms with Crippen molar-refractivity contribution in [1.29, 1.82) is 5.26 Å². The lowest BCUT2D eigenvalue weighted by Crippen LogP contribution is -2.39. The van der Waals surface area contributed by atoms with Crippen LogP contribution in [0.15, 0.2) is 12.3 Å². The third-order valence-electron chi connectivity index (χ3n) is 2.34. The molecule has 6 nitrogen and oxygen atoms in total. The molecule has 1 amide bonds. The zero-order chi connectivity index (χ0) is 12.8. The van der Waals surface area contributed by atoms with E-state index in [4.69, 9.17) is 5.26 Å². The number of nitrogens with one attached hydrogen (secondary N) is 1. The van der Waals surface area contributed by atoms with E-state index in [1.165, 1.54) is 12.3 Å². The molecule has 1 aromatic rings. The zero-order valence-corrected chi connectivity index (χ0v) is 10.1. The van der Waals surface area contributed by atoms with E-state index in [0.717, 1.165) is 0 Å². The number of hydrogen-bond acceptors (Lipinski definition) is 5. The molecule has 90 valence electrons. The first-order valence-electron chi connectivity index (χ1n) is 5.33. The lowest BCUT2D eigenvalue weighted by atomic mass is 10.3. The minimum absolute atomic E-state index is 0.0431. The number of aromatic nitrogens is 2. The highest BCUT2D eigenvalue weighted by molar-refractivity contribution is 5.83. The van der Waals surface area contributed by atoms with Gasteiger partial charge >= 0.3 is 0 Å². The second-order valence-electron chi connectivity index (χ2n) is 3.60. The molecule has 1 rings (SSSR count). The van der Waals surface area contributed by atoms with Gasteiger partial charge in [0.25, 0.3) is 0 Å². The van der Waals surface area contributed by atoms with Crippen LogP contribution in [0.5, 0.6) is 0 Å². The van der Waals surface area contributed by atoms with E-state index in [9.17, 15) is 4.79 Å². The topological polar surface area (TPSA) is 81.9 Å². The van der Waals surface area contributed by atoms with Crippen molar-refractivity contribution in [2.75, 3.05) is 18.9 Å². The maximum atomic E-state index is 11.8. The molecule has 1 unspecified atom stereocenters. The Hall–Kier alpha value is -2.16. The van der Waals surface area contributed by atoms with Crippen LogP contribution in [0, 0.1) is 11.3 Å². The molecular weight excluding hydrogens is 218 g/mol. The normalized spacial score (nSPS) is 11.4. The molecule has 17 heavy (non-hydrogen) atoms. The van der Waals surface area contributed by atoms with Crippen LogP contribution in [-0.4, -0.2) is 40.4 Å². The molecule has 0 saturated carbocycles. The van der Waals surface area contributed by atoms with Gasteiger partial charge < -0.3 is 10.2 Å². The molecule has 1 N–H and O–H groups in total. The van der Waals surface area contributed by atoms with Crippen LogP contribution >= 0.6 is 0 Å². The molecule has 0 saturated heterocycles. The Kier molecular flexibility index (Phi) is 4.40. The first-order valence-corrected chi connectivity index (χ1v) is 5.33. The fourth-order valence-electron chi connectivity index (χ4n) is 1.23. The van der Waals surface area contributed by atoms with E-state index in [2.05, 4.69) is 15.3 Å². The molecule has 1 heterocycles. The number of amides is 1. The van der Waals surface area contributed by atoms with Crippen molar-refractivity contribution in [3.8, 4) is 6.07 Å². The molecule has 0 spiro atoms. The number of nitriles is 1. The summed E-state index contributed by atoms with van der Waals surface area (Å²) in [4.78, 5) is 21.3. The van der Waals surface area contributed by atoms with Crippen molar-refractivity contribution in [2.45, 2.75) is 19.9 Å². The Morgan fingerprint density at radius 3 is 3.00 bits per heavy atom. The summed E-state index contributed by atoms with van der Waals surface area (Å²) in [5.74, 6) is 0.243. The molecule has 1 aromatic heterocycles. The Bertz CT molecular complexity index is 440. The second-order valence-corrected chi connectivity index (χ2v) is 3.60. The Morgan fingerprint density at radius 2 is 2.41 bits per heavy atom. The smallest absolute Gasteiger partial charge is 0.244 e. The third kappa shape index (κ3) is 3.41. The van der Waals surface area contributed by atoms with E-state index in [1.807, 2.05) is 13.0 Å². The molecule has 0 aliphatic carbocycles. The molecule has 0 radical (unpaired) electrons. The second kappa shape index (κ2) is 5.80. The van der Waals surface area contributed by atoms with Crippen molar-refractivity contribution >= 4 is 11.9 Å². The summed E-state index contributed by atoms with van der Waals surface area (Å²) >= 11 is 0. The summed E-state index contributed by atoms with van der Waals surface area (Å²) in [5, 5.41) is 11.6. The molecule has 6 heteroatoms. The van der Waals surface area contributed by atoms with E-state index < -0.39 is 6.04 Å². The average molecular weight is 233 g/mol. The van der Waals surface area contributed by atoms with Crippen molar-refractivity contribution in [2.24, 2.45) is 0 Å². The highest BCUT2D eigenvalue weighted by atomic mass is 16.2. The number of nitrogens with zero attached hydrogens (tertiary/aromatic N) is 4. The first-order chi connectivity index (χ1) is 8.08. The van der Waals surface area contributed by atoms with E-state index in [-0.39, 0.29) is 17.5 Å². The Balaban J connectivity index is 2.71. The number of rotatable bonds is 4. The van der Waals surface area contributed by atoms with Crippen LogP contribution in [0.25, 0.3) is 0 Å². The van der Waals surface area contributed by atoms with Gasteiger partial charge in [-0.05, 0) is 19.9 Å². The van der Waals surface area contributed by atoms with Crippen LogP contribution in [0.1, 0.15) is 19.5 Å². The number of hydrogen-bond donors (Lipinski definition) is 1. The fraction of sp³-hybridized carbons (Fsp3) is 0.455. The van der Waals surface area contributed by atoms with Crippen molar-refractivity contribution in [3.63, 3.8) is 0 Å². The Labute approximate surface area is 100 Å². The number of likely N-dealkylation sites (N-methyl/N-ethyl adjacent to an activating group) is 1. The van der Waals surface area contributed by atoms with Gasteiger partial charge in [-0.3, -0.25) is 4.79 Å². The maximum absolute atomic E-state index is 11.8. The zero-order valence-electron chi connectivity index (χ0n) is 10.1. The van der Waals surface area contributed by atoms with Crippen molar-refractivity contribution < 1.29 is 4.79 Å². The van der Waals surface area contributed by atoms with Crippen molar-refractivity contribution in [3.05, 3.63) is 18.0 Å². The Morgan fingerprint density at radius 1 is 1.71 bits per heavy atom. The molecule has 0 aromatic carbocycles. The largest absolute Gasteiger partial charge is 0.344 e. The molecule has 0 aliphatic heterocycles. The van der Waals surface area contributed by atoms with Gasteiger partial charge in [-0.2, -0.15) is 5.26 Å². The summed E-state index contributed by atoms with van der Waals surface area (Å²) in [5.41, 5.74) is 0.269. The third-order valence-corrected chi connectivity index (χ3v) is 2.34. The van der Waals surface area contributed by atoms with Gasteiger partial charge in [0.15, 0.2) is 0 Å². The average Bonchev–Trinajstić information content (AvgIpc) is 2.37. The molecule has 0 aliphatic rings. The lowest BCUT2D eigenvalue weighted by molar-refractivity contribution is -0.130. The summed E-state index contributed by atoms with van der Waals surface area (Å²) in [6.45, 7) is 4.28. The summed E-state index contributed by atoms with van der Waals surface area (Å²) in [7, 11) is 1.73. The molecule has 0 bridgehead atoms. The van der Waals surface area contributed by atoms with E-state index in [0.29, 0.717) is 6.54 Å². The van der Waals surface area contributed by atoms with E-state index in [1.54, 1.807) is 18.9 Å². The van der Waals surface area contributed by atoms with Gasteiger partial charge in [0, 0.05) is 19.8 Å². The van der Waals surface area contributed by atoms with Crippen LogP contribution in [-0.2, 0) is 4.79 Å². The van der Waals surface area contributed by atoms with Crippen LogP contribution < -0.4 is 5.32 Å². The van der Waals surface area contributed by atoms with Crippen LogP contribution in [0.3, 0.4) is 0 Å². The predicted octanol–water partition coefficient (Wildman–Crippen LogP) is 0.627. The SMILES string of the molecule is CCN(C)C(=O)C(C)Nc1nccc(C#N)n1. The summed E-state index contributed by atoms with van der Waals surface area (Å²) < 4.78 is 0. The van der Waals surface area contributed by atoms with Crippen molar-refractivity contribution in [1.82, 2.24) is 14.9 Å². The summed E-state index contributed by atoms with van der Waals surface area (Å²) in [6, 6.07) is 3.00. The lowest BCUT2D eigenvalue weighted by Gasteiger charge is -2.20. The number of carbonyl (C=O) groups is 1. The van der Waals surface area contributed by atoms with Crippen LogP contribution in [0.4, 0.5) is 5.95 Å². The number of carbonyl (C=O) groups excluding carboxylic acids is 1. The van der Waals surface area contributed by atoms with Gasteiger partial charge in [0.2, 0.25) is 11.9 Å². The van der Waals surface area contributed by atoms with Gasteiger partial charge in [-0.1, -0.05) is 0 Å². The fourth-order valence-corrected chi connectivity index (χ4v) is 1.23. The molecule has 1 atom stereocenters. The minimum atomic E-state index is -0.422. The monoisotopic (exact) mass is 233 g/mol. The minimum Gasteiger partial charge on any atom is -0.344 e. The summed E-state index contributed by atoms with van der Waals surface area (Å²) in [6.07, 6.45) is 1.48. The van der Waals surface area contributed by atoms with Gasteiger partial charge in [0.05, 0.1) is 0 Å². The quantitative estimate of drug-likeness (QED) is 0.824. The maximum Gasteiger partial charge on any atom is 0.244 e. The first kappa shape index (κ1) is 12.9. The highest BCUT2D eigenvalue weighted by Crippen LogP contribution is 2.03. The molecular formula is C11H15N5O. The highest BCUT2D eigenvalue weighted by Gasteiger charge is 2.16. The van der Waals surface area contributed by atoms with Gasteiger partial charge in [-0.15, -0.1) is 0 Å². The predicted molar refractivity (Wildman–Crippen MR) is 63.1 cm³/mol. The molecule has 0 fully saturated rings. The number of anilines is 1. The van der Waals surface area contributed by atoms with Crippen LogP contribution in [0.2, 0.25) is 0 Å².